The minimum atomic E-state index is -0.248. The van der Waals surface area contributed by atoms with Gasteiger partial charge in [0.25, 0.3) is 0 Å². The minimum absolute atomic E-state index is 0.0809. The first kappa shape index (κ1) is 14.5. The topological polar surface area (TPSA) is 57.8 Å². The van der Waals surface area contributed by atoms with Gasteiger partial charge in [-0.25, -0.2) is 4.98 Å². The molecule has 2 saturated carbocycles. The van der Waals surface area contributed by atoms with Crippen LogP contribution < -0.4 is 0 Å². The molecule has 3 fully saturated rings. The van der Waals surface area contributed by atoms with E-state index in [2.05, 4.69) is 23.3 Å². The lowest BCUT2D eigenvalue weighted by Crippen LogP contribution is -2.60. The Bertz CT molecular complexity index is 787. The summed E-state index contributed by atoms with van der Waals surface area (Å²) in [6, 6.07) is 4.43. The van der Waals surface area contributed by atoms with E-state index in [0.717, 1.165) is 18.7 Å². The van der Waals surface area contributed by atoms with Crippen molar-refractivity contribution < 1.29 is 9.90 Å². The van der Waals surface area contributed by atoms with Crippen LogP contribution in [0.2, 0.25) is 0 Å². The molecule has 0 bridgehead atoms. The van der Waals surface area contributed by atoms with E-state index in [-0.39, 0.29) is 17.9 Å². The molecule has 2 aliphatic carbocycles. The fourth-order valence-electron chi connectivity index (χ4n) is 4.93. The molecule has 1 saturated heterocycles. The maximum Gasteiger partial charge on any atom is 0.225 e. The molecule has 3 heterocycles. The molecular weight excluding hydrogens is 302 g/mol. The molecule has 0 aromatic carbocycles. The molecule has 1 atom stereocenters. The number of aromatic nitrogens is 2. The third-order valence-corrected chi connectivity index (χ3v) is 6.42. The van der Waals surface area contributed by atoms with Crippen LogP contribution in [0.25, 0.3) is 5.65 Å². The van der Waals surface area contributed by atoms with Crippen molar-refractivity contribution in [2.75, 3.05) is 13.1 Å². The molecule has 1 aliphatic heterocycles. The number of hydrogen-bond donors (Lipinski definition) is 1. The Labute approximate surface area is 141 Å². The summed E-state index contributed by atoms with van der Waals surface area (Å²) in [6.07, 6.45) is 10.6. The average Bonchev–Trinajstić information content (AvgIpc) is 3.15. The van der Waals surface area contributed by atoms with Crippen LogP contribution in [0.3, 0.4) is 0 Å². The number of likely N-dealkylation sites (tertiary alicyclic amines) is 1. The summed E-state index contributed by atoms with van der Waals surface area (Å²) in [5.74, 6) is 0.944. The number of fused-ring (bicyclic) bond motifs is 1. The van der Waals surface area contributed by atoms with Gasteiger partial charge in [0.1, 0.15) is 5.65 Å². The number of nitrogens with zero attached hydrogens (tertiary/aromatic N) is 3. The van der Waals surface area contributed by atoms with E-state index in [4.69, 9.17) is 0 Å². The van der Waals surface area contributed by atoms with Crippen LogP contribution in [-0.4, -0.2) is 44.5 Å². The van der Waals surface area contributed by atoms with E-state index >= 15 is 0 Å². The first-order valence-electron chi connectivity index (χ1n) is 9.01. The third-order valence-electron chi connectivity index (χ3n) is 6.42. The van der Waals surface area contributed by atoms with E-state index in [0.29, 0.717) is 24.2 Å². The number of carbonyl (C=O) groups is 1. The zero-order valence-electron chi connectivity index (χ0n) is 13.8. The average molecular weight is 325 g/mol. The lowest BCUT2D eigenvalue weighted by atomic mass is 9.74. The maximum absolute atomic E-state index is 12.4. The molecule has 1 spiro atoms. The Morgan fingerprint density at radius 2 is 2.12 bits per heavy atom. The second-order valence-electron chi connectivity index (χ2n) is 8.11. The summed E-state index contributed by atoms with van der Waals surface area (Å²) in [5, 5.41) is 9.39. The van der Waals surface area contributed by atoms with Gasteiger partial charge in [-0.3, -0.25) is 4.79 Å². The number of rotatable bonds is 2. The highest BCUT2D eigenvalue weighted by molar-refractivity contribution is 5.80. The van der Waals surface area contributed by atoms with Gasteiger partial charge in [0.2, 0.25) is 5.91 Å². The number of aliphatic hydroxyl groups excluding tert-OH is 1. The summed E-state index contributed by atoms with van der Waals surface area (Å²) in [7, 11) is 0. The number of hydrogen-bond acceptors (Lipinski definition) is 3. The fourth-order valence-corrected chi connectivity index (χ4v) is 4.93. The molecular formula is C19H23N3O2. The zero-order valence-corrected chi connectivity index (χ0v) is 13.8. The molecule has 1 amide bonds. The van der Waals surface area contributed by atoms with Gasteiger partial charge in [-0.1, -0.05) is 0 Å². The van der Waals surface area contributed by atoms with Crippen molar-refractivity contribution >= 4 is 11.6 Å². The van der Waals surface area contributed by atoms with E-state index < -0.39 is 0 Å². The van der Waals surface area contributed by atoms with Crippen LogP contribution in [-0.2, 0) is 4.79 Å². The number of imidazole rings is 1. The van der Waals surface area contributed by atoms with Gasteiger partial charge in [-0.05, 0) is 55.7 Å². The molecule has 5 rings (SSSR count). The molecule has 3 aliphatic rings. The fraction of sp³-hybridized carbons (Fsp3) is 0.579. The Morgan fingerprint density at radius 1 is 1.29 bits per heavy atom. The third kappa shape index (κ3) is 2.18. The normalized spacial score (nSPS) is 31.2. The second kappa shape index (κ2) is 5.06. The van der Waals surface area contributed by atoms with Crippen molar-refractivity contribution in [2.24, 2.45) is 11.3 Å². The van der Waals surface area contributed by atoms with Crippen molar-refractivity contribution in [3.63, 3.8) is 0 Å². The quantitative estimate of drug-likeness (QED) is 0.921. The van der Waals surface area contributed by atoms with Gasteiger partial charge in [-0.2, -0.15) is 0 Å². The Balaban J connectivity index is 1.24. The van der Waals surface area contributed by atoms with Crippen LogP contribution in [0.15, 0.2) is 30.7 Å². The monoisotopic (exact) mass is 325 g/mol. The van der Waals surface area contributed by atoms with Crippen molar-refractivity contribution in [3.8, 4) is 0 Å². The number of aliphatic hydroxyl groups is 1. The highest BCUT2D eigenvalue weighted by Gasteiger charge is 2.51. The molecule has 1 unspecified atom stereocenters. The molecule has 126 valence electrons. The molecule has 2 aromatic heterocycles. The summed E-state index contributed by atoms with van der Waals surface area (Å²) in [6.45, 7) is 1.83. The molecule has 5 heteroatoms. The summed E-state index contributed by atoms with van der Waals surface area (Å²) >= 11 is 0. The highest BCUT2D eigenvalue weighted by atomic mass is 16.3. The van der Waals surface area contributed by atoms with Crippen molar-refractivity contribution in [3.05, 3.63) is 36.3 Å². The Kier molecular flexibility index (Phi) is 3.05. The minimum Gasteiger partial charge on any atom is -0.393 e. The van der Waals surface area contributed by atoms with Gasteiger partial charge >= 0.3 is 0 Å². The van der Waals surface area contributed by atoms with E-state index in [1.807, 2.05) is 21.7 Å². The zero-order chi connectivity index (χ0) is 16.3. The molecule has 1 N–H and O–H groups in total. The number of pyridine rings is 1. The van der Waals surface area contributed by atoms with E-state index in [9.17, 15) is 9.90 Å². The number of amides is 1. The largest absolute Gasteiger partial charge is 0.393 e. The summed E-state index contributed by atoms with van der Waals surface area (Å²) in [4.78, 5) is 18.8. The Hall–Kier alpha value is -1.88. The Morgan fingerprint density at radius 3 is 2.92 bits per heavy atom. The van der Waals surface area contributed by atoms with E-state index in [1.165, 1.54) is 24.8 Å². The second-order valence-corrected chi connectivity index (χ2v) is 8.11. The molecule has 0 radical (unpaired) electrons. The maximum atomic E-state index is 12.4. The van der Waals surface area contributed by atoms with Crippen molar-refractivity contribution in [2.45, 2.75) is 44.1 Å². The van der Waals surface area contributed by atoms with Crippen LogP contribution in [0, 0.1) is 11.3 Å². The standard InChI is InChI=1S/C19H23N3O2/c23-16-7-15(8-16)18(24)22-11-19(12-22)3-1-14(10-19)13-2-5-21-6-4-20-17(21)9-13/h2,4-6,9,14-16,23H,1,3,7-8,10-12H2. The predicted molar refractivity (Wildman–Crippen MR) is 89.5 cm³/mol. The molecule has 5 nitrogen and oxygen atoms in total. The lowest BCUT2D eigenvalue weighted by Gasteiger charge is -2.50. The number of carbonyl (C=O) groups excluding carboxylic acids is 1. The lowest BCUT2D eigenvalue weighted by molar-refractivity contribution is -0.154. The van der Waals surface area contributed by atoms with Crippen LogP contribution >= 0.6 is 0 Å². The van der Waals surface area contributed by atoms with Gasteiger partial charge < -0.3 is 14.4 Å². The SMILES string of the molecule is O=C(C1CC(O)C1)N1CC2(CCC(c3ccn4ccnc4c3)C2)C1. The van der Waals surface area contributed by atoms with Crippen LogP contribution in [0.1, 0.15) is 43.6 Å². The van der Waals surface area contributed by atoms with Crippen LogP contribution in [0.5, 0.6) is 0 Å². The van der Waals surface area contributed by atoms with Gasteiger partial charge in [0.15, 0.2) is 0 Å². The summed E-state index contributed by atoms with van der Waals surface area (Å²) < 4.78 is 2.05. The van der Waals surface area contributed by atoms with Crippen molar-refractivity contribution in [1.82, 2.24) is 14.3 Å². The first-order chi connectivity index (χ1) is 11.6. The van der Waals surface area contributed by atoms with E-state index in [1.54, 1.807) is 0 Å². The van der Waals surface area contributed by atoms with Crippen LogP contribution in [0.4, 0.5) is 0 Å². The molecule has 2 aromatic rings. The summed E-state index contributed by atoms with van der Waals surface area (Å²) in [5.41, 5.74) is 2.74. The highest BCUT2D eigenvalue weighted by Crippen LogP contribution is 2.52. The van der Waals surface area contributed by atoms with Gasteiger partial charge in [0.05, 0.1) is 6.10 Å². The van der Waals surface area contributed by atoms with Crippen molar-refractivity contribution in [1.29, 1.82) is 0 Å². The van der Waals surface area contributed by atoms with Gasteiger partial charge in [-0.15, -0.1) is 0 Å². The smallest absolute Gasteiger partial charge is 0.225 e. The first-order valence-corrected chi connectivity index (χ1v) is 9.01. The predicted octanol–water partition coefficient (Wildman–Crippen LogP) is 2.20. The van der Waals surface area contributed by atoms with Gasteiger partial charge in [0, 0.05) is 43.0 Å². The molecule has 24 heavy (non-hydrogen) atoms.